The maximum absolute atomic E-state index is 12.0. The minimum atomic E-state index is 0.235. The van der Waals surface area contributed by atoms with Gasteiger partial charge in [-0.15, -0.1) is 0 Å². The van der Waals surface area contributed by atoms with E-state index in [0.717, 1.165) is 39.2 Å². The Kier molecular flexibility index (Phi) is 8.01. The lowest BCUT2D eigenvalue weighted by Gasteiger charge is -2.29. The van der Waals surface area contributed by atoms with Gasteiger partial charge in [-0.05, 0) is 45.2 Å². The number of ether oxygens (including phenoxy) is 1. The molecule has 1 heterocycles. The summed E-state index contributed by atoms with van der Waals surface area (Å²) in [7, 11) is 0. The number of hydrogen-bond donors (Lipinski definition) is 1. The van der Waals surface area contributed by atoms with Crippen molar-refractivity contribution in [2.45, 2.75) is 39.5 Å². The number of carbonyl (C=O) groups is 1. The average molecular weight is 256 g/mol. The molecule has 1 fully saturated rings. The fraction of sp³-hybridized carbons (Fsp3) is 0.929. The van der Waals surface area contributed by atoms with E-state index in [1.165, 1.54) is 12.8 Å². The first-order valence-electron chi connectivity index (χ1n) is 7.34. The smallest absolute Gasteiger partial charge is 0.224 e. The van der Waals surface area contributed by atoms with Crippen LogP contribution in [0, 0.1) is 5.92 Å². The van der Waals surface area contributed by atoms with Crippen LogP contribution < -0.4 is 5.32 Å². The van der Waals surface area contributed by atoms with E-state index >= 15 is 0 Å². The highest BCUT2D eigenvalue weighted by atomic mass is 16.5. The number of piperidine rings is 1. The van der Waals surface area contributed by atoms with Gasteiger partial charge in [0.2, 0.25) is 5.91 Å². The standard InChI is InChI=1S/C14H28N2O2/c1-3-9-18-10-7-14(17)16(4-2)12-13-6-5-8-15-11-13/h13,15H,3-12H2,1-2H3. The van der Waals surface area contributed by atoms with Crippen molar-refractivity contribution in [2.24, 2.45) is 5.92 Å². The van der Waals surface area contributed by atoms with Gasteiger partial charge in [0.1, 0.15) is 0 Å². The van der Waals surface area contributed by atoms with Crippen molar-refractivity contribution in [1.29, 1.82) is 0 Å². The second-order valence-electron chi connectivity index (χ2n) is 5.01. The highest BCUT2D eigenvalue weighted by Gasteiger charge is 2.19. The summed E-state index contributed by atoms with van der Waals surface area (Å²) in [6.45, 7) is 9.34. The molecule has 0 aromatic rings. The summed E-state index contributed by atoms with van der Waals surface area (Å²) in [5.41, 5.74) is 0. The van der Waals surface area contributed by atoms with E-state index in [1.54, 1.807) is 0 Å². The first kappa shape index (κ1) is 15.4. The fourth-order valence-electron chi connectivity index (χ4n) is 2.36. The molecule has 1 unspecified atom stereocenters. The fourth-order valence-corrected chi connectivity index (χ4v) is 2.36. The Balaban J connectivity index is 2.23. The number of amides is 1. The molecular weight excluding hydrogens is 228 g/mol. The van der Waals surface area contributed by atoms with Gasteiger partial charge in [-0.25, -0.2) is 0 Å². The summed E-state index contributed by atoms with van der Waals surface area (Å²) in [6, 6.07) is 0. The van der Waals surface area contributed by atoms with Gasteiger partial charge in [-0.2, -0.15) is 0 Å². The van der Waals surface area contributed by atoms with Gasteiger partial charge in [0, 0.05) is 19.7 Å². The summed E-state index contributed by atoms with van der Waals surface area (Å²) < 4.78 is 5.38. The Morgan fingerprint density at radius 3 is 2.83 bits per heavy atom. The molecule has 0 bridgehead atoms. The van der Waals surface area contributed by atoms with E-state index in [4.69, 9.17) is 4.74 Å². The Morgan fingerprint density at radius 2 is 2.22 bits per heavy atom. The second-order valence-corrected chi connectivity index (χ2v) is 5.01. The number of nitrogens with zero attached hydrogens (tertiary/aromatic N) is 1. The second kappa shape index (κ2) is 9.34. The minimum Gasteiger partial charge on any atom is -0.381 e. The monoisotopic (exact) mass is 256 g/mol. The maximum atomic E-state index is 12.0. The van der Waals surface area contributed by atoms with Crippen LogP contribution in [0.2, 0.25) is 0 Å². The summed E-state index contributed by atoms with van der Waals surface area (Å²) in [5, 5.41) is 3.40. The van der Waals surface area contributed by atoms with Crippen LogP contribution in [0.15, 0.2) is 0 Å². The Labute approximate surface area is 111 Å². The van der Waals surface area contributed by atoms with Crippen molar-refractivity contribution >= 4 is 5.91 Å². The summed E-state index contributed by atoms with van der Waals surface area (Å²) in [5.74, 6) is 0.860. The van der Waals surface area contributed by atoms with Crippen molar-refractivity contribution in [1.82, 2.24) is 10.2 Å². The van der Waals surface area contributed by atoms with Crippen LogP contribution in [0.1, 0.15) is 39.5 Å². The van der Waals surface area contributed by atoms with Crippen molar-refractivity contribution < 1.29 is 9.53 Å². The molecule has 0 radical (unpaired) electrons. The van der Waals surface area contributed by atoms with Crippen LogP contribution in [0.5, 0.6) is 0 Å². The lowest BCUT2D eigenvalue weighted by Crippen LogP contribution is -2.41. The molecule has 0 aromatic heterocycles. The molecule has 4 heteroatoms. The van der Waals surface area contributed by atoms with Crippen LogP contribution in [0.3, 0.4) is 0 Å². The number of hydrogen-bond acceptors (Lipinski definition) is 3. The zero-order valence-electron chi connectivity index (χ0n) is 11.9. The van der Waals surface area contributed by atoms with E-state index in [9.17, 15) is 4.79 Å². The molecule has 0 aromatic carbocycles. The zero-order chi connectivity index (χ0) is 13.2. The quantitative estimate of drug-likeness (QED) is 0.671. The largest absolute Gasteiger partial charge is 0.381 e. The van der Waals surface area contributed by atoms with Crippen LogP contribution in [0.25, 0.3) is 0 Å². The van der Waals surface area contributed by atoms with Gasteiger partial charge in [-0.1, -0.05) is 6.92 Å². The molecule has 1 atom stereocenters. The Bertz CT molecular complexity index is 228. The normalized spacial score (nSPS) is 19.8. The SMILES string of the molecule is CCCOCCC(=O)N(CC)CC1CCCNC1. The Hall–Kier alpha value is -0.610. The maximum Gasteiger partial charge on any atom is 0.224 e. The molecule has 0 saturated carbocycles. The highest BCUT2D eigenvalue weighted by Crippen LogP contribution is 2.12. The van der Waals surface area contributed by atoms with Crippen molar-refractivity contribution in [3.8, 4) is 0 Å². The third-order valence-corrected chi connectivity index (χ3v) is 3.42. The van der Waals surface area contributed by atoms with Crippen LogP contribution in [-0.2, 0) is 9.53 Å². The number of rotatable bonds is 8. The van der Waals surface area contributed by atoms with Gasteiger partial charge in [0.05, 0.1) is 13.0 Å². The molecule has 1 saturated heterocycles. The summed E-state index contributed by atoms with van der Waals surface area (Å²) >= 11 is 0. The summed E-state index contributed by atoms with van der Waals surface area (Å²) in [6.07, 6.45) is 4.01. The van der Waals surface area contributed by atoms with Crippen LogP contribution in [-0.4, -0.2) is 50.2 Å². The third-order valence-electron chi connectivity index (χ3n) is 3.42. The summed E-state index contributed by atoms with van der Waals surface area (Å²) in [4.78, 5) is 14.0. The third kappa shape index (κ3) is 5.83. The van der Waals surface area contributed by atoms with Gasteiger partial charge in [-0.3, -0.25) is 4.79 Å². The lowest BCUT2D eigenvalue weighted by atomic mass is 9.99. The van der Waals surface area contributed by atoms with Crippen molar-refractivity contribution in [3.63, 3.8) is 0 Å². The Morgan fingerprint density at radius 1 is 1.39 bits per heavy atom. The van der Waals surface area contributed by atoms with Gasteiger partial charge in [0.15, 0.2) is 0 Å². The van der Waals surface area contributed by atoms with Gasteiger partial charge < -0.3 is 15.0 Å². The van der Waals surface area contributed by atoms with E-state index in [-0.39, 0.29) is 5.91 Å². The first-order chi connectivity index (χ1) is 8.77. The molecule has 1 N–H and O–H groups in total. The van der Waals surface area contributed by atoms with E-state index in [2.05, 4.69) is 19.2 Å². The lowest BCUT2D eigenvalue weighted by molar-refractivity contribution is -0.132. The first-order valence-corrected chi connectivity index (χ1v) is 7.34. The number of carbonyl (C=O) groups excluding carboxylic acids is 1. The average Bonchev–Trinajstić information content (AvgIpc) is 2.42. The van der Waals surface area contributed by atoms with Crippen LogP contribution in [0.4, 0.5) is 0 Å². The van der Waals surface area contributed by atoms with E-state index in [0.29, 0.717) is 18.9 Å². The van der Waals surface area contributed by atoms with Crippen molar-refractivity contribution in [3.05, 3.63) is 0 Å². The molecule has 1 amide bonds. The zero-order valence-corrected chi connectivity index (χ0v) is 11.9. The van der Waals surface area contributed by atoms with E-state index in [1.807, 2.05) is 4.90 Å². The minimum absolute atomic E-state index is 0.235. The molecule has 0 aliphatic carbocycles. The molecule has 106 valence electrons. The predicted molar refractivity (Wildman–Crippen MR) is 73.6 cm³/mol. The van der Waals surface area contributed by atoms with Gasteiger partial charge >= 0.3 is 0 Å². The van der Waals surface area contributed by atoms with Crippen LogP contribution >= 0.6 is 0 Å². The topological polar surface area (TPSA) is 41.6 Å². The van der Waals surface area contributed by atoms with Crippen molar-refractivity contribution in [2.75, 3.05) is 39.4 Å². The molecule has 0 spiro atoms. The molecule has 1 aliphatic heterocycles. The highest BCUT2D eigenvalue weighted by molar-refractivity contribution is 5.76. The number of nitrogens with one attached hydrogen (secondary N) is 1. The molecule has 4 nitrogen and oxygen atoms in total. The molecule has 18 heavy (non-hydrogen) atoms. The molecule has 1 aliphatic rings. The van der Waals surface area contributed by atoms with Gasteiger partial charge in [0.25, 0.3) is 0 Å². The molecule has 1 rings (SSSR count). The predicted octanol–water partition coefficient (Wildman–Crippen LogP) is 1.65. The van der Waals surface area contributed by atoms with E-state index < -0.39 is 0 Å². The molecular formula is C14H28N2O2.